The first kappa shape index (κ1) is 22.0. The van der Waals surface area contributed by atoms with Gasteiger partial charge in [0.2, 0.25) is 10.0 Å². The molecule has 0 aliphatic carbocycles. The molecule has 0 spiro atoms. The predicted octanol–water partition coefficient (Wildman–Crippen LogP) is 3.65. The van der Waals surface area contributed by atoms with Crippen molar-refractivity contribution in [2.24, 2.45) is 0 Å². The molecule has 1 fully saturated rings. The number of benzene rings is 2. The van der Waals surface area contributed by atoms with Crippen molar-refractivity contribution < 1.29 is 22.7 Å². The SMILES string of the molecule is CCn1c(COC(=O)c2cc3ccccc3s2)nc2cc(S(=O)(=O)N3CCOCC3)ccc21. The fourth-order valence-corrected chi connectivity index (χ4v) is 6.39. The molecule has 2 aromatic carbocycles. The summed E-state index contributed by atoms with van der Waals surface area (Å²) in [5.41, 5.74) is 1.35. The number of imidazole rings is 1. The topological polar surface area (TPSA) is 90.7 Å². The maximum absolute atomic E-state index is 13.0. The maximum atomic E-state index is 13.0. The van der Waals surface area contributed by atoms with Crippen molar-refractivity contribution in [3.05, 3.63) is 59.2 Å². The van der Waals surface area contributed by atoms with Crippen molar-refractivity contribution in [1.29, 1.82) is 0 Å². The number of thiophene rings is 1. The normalized spacial score (nSPS) is 15.3. The van der Waals surface area contributed by atoms with Crippen molar-refractivity contribution in [3.63, 3.8) is 0 Å². The van der Waals surface area contributed by atoms with E-state index in [0.29, 0.717) is 49.1 Å². The first-order valence-corrected chi connectivity index (χ1v) is 13.0. The van der Waals surface area contributed by atoms with Crippen LogP contribution >= 0.6 is 11.3 Å². The molecule has 0 unspecified atom stereocenters. The summed E-state index contributed by atoms with van der Waals surface area (Å²) >= 11 is 1.39. The van der Waals surface area contributed by atoms with E-state index in [-0.39, 0.29) is 11.5 Å². The van der Waals surface area contributed by atoms with E-state index in [4.69, 9.17) is 9.47 Å². The van der Waals surface area contributed by atoms with Crippen LogP contribution in [0, 0.1) is 0 Å². The molecule has 10 heteroatoms. The highest BCUT2D eigenvalue weighted by Crippen LogP contribution is 2.27. The highest BCUT2D eigenvalue weighted by Gasteiger charge is 2.27. The molecule has 0 amide bonds. The van der Waals surface area contributed by atoms with Gasteiger partial charge in [-0.3, -0.25) is 0 Å². The fraction of sp³-hybridized carbons (Fsp3) is 0.304. The summed E-state index contributed by atoms with van der Waals surface area (Å²) in [5, 5.41) is 1.00. The highest BCUT2D eigenvalue weighted by atomic mass is 32.2. The van der Waals surface area contributed by atoms with Gasteiger partial charge in [0.15, 0.2) is 0 Å². The highest BCUT2D eigenvalue weighted by molar-refractivity contribution is 7.89. The van der Waals surface area contributed by atoms with E-state index < -0.39 is 16.0 Å². The van der Waals surface area contributed by atoms with Crippen LogP contribution in [-0.4, -0.2) is 54.5 Å². The molecule has 1 aliphatic rings. The van der Waals surface area contributed by atoms with Crippen molar-refractivity contribution in [1.82, 2.24) is 13.9 Å². The van der Waals surface area contributed by atoms with Gasteiger partial charge in [0.1, 0.15) is 17.3 Å². The average molecular weight is 486 g/mol. The van der Waals surface area contributed by atoms with Gasteiger partial charge in [-0.2, -0.15) is 4.31 Å². The monoisotopic (exact) mass is 485 g/mol. The lowest BCUT2D eigenvalue weighted by atomic mass is 10.2. The van der Waals surface area contributed by atoms with Crippen molar-refractivity contribution in [3.8, 4) is 0 Å². The minimum atomic E-state index is -3.62. The van der Waals surface area contributed by atoms with E-state index >= 15 is 0 Å². The van der Waals surface area contributed by atoms with Gasteiger partial charge in [-0.05, 0) is 42.6 Å². The van der Waals surface area contributed by atoms with Crippen LogP contribution in [0.3, 0.4) is 0 Å². The van der Waals surface area contributed by atoms with Crippen LogP contribution in [0.15, 0.2) is 53.4 Å². The Kier molecular flexibility index (Phi) is 5.92. The summed E-state index contributed by atoms with van der Waals surface area (Å²) < 4.78 is 41.2. The van der Waals surface area contributed by atoms with E-state index in [9.17, 15) is 13.2 Å². The molecular weight excluding hydrogens is 462 g/mol. The maximum Gasteiger partial charge on any atom is 0.348 e. The van der Waals surface area contributed by atoms with Gasteiger partial charge in [0.05, 0.1) is 29.1 Å². The lowest BCUT2D eigenvalue weighted by Crippen LogP contribution is -2.40. The number of hydrogen-bond acceptors (Lipinski definition) is 7. The Labute approximate surface area is 195 Å². The van der Waals surface area contributed by atoms with Gasteiger partial charge in [-0.15, -0.1) is 11.3 Å². The predicted molar refractivity (Wildman–Crippen MR) is 126 cm³/mol. The molecule has 3 heterocycles. The van der Waals surface area contributed by atoms with Gasteiger partial charge in [-0.25, -0.2) is 18.2 Å². The Hall–Kier alpha value is -2.79. The number of esters is 1. The van der Waals surface area contributed by atoms with Crippen LogP contribution in [0.4, 0.5) is 0 Å². The Morgan fingerprint density at radius 1 is 1.15 bits per heavy atom. The first-order valence-electron chi connectivity index (χ1n) is 10.7. The lowest BCUT2D eigenvalue weighted by Gasteiger charge is -2.26. The van der Waals surface area contributed by atoms with Gasteiger partial charge in [0.25, 0.3) is 0 Å². The zero-order valence-corrected chi connectivity index (χ0v) is 19.7. The lowest BCUT2D eigenvalue weighted by molar-refractivity contribution is 0.0464. The molecular formula is C23H23N3O5S2. The van der Waals surface area contributed by atoms with Crippen LogP contribution in [0.1, 0.15) is 22.4 Å². The molecule has 5 rings (SSSR count). The third-order valence-electron chi connectivity index (χ3n) is 5.68. The molecule has 0 saturated carbocycles. The number of morpholine rings is 1. The summed E-state index contributed by atoms with van der Waals surface area (Å²) in [6.07, 6.45) is 0. The third-order valence-corrected chi connectivity index (χ3v) is 8.67. The molecule has 2 aromatic heterocycles. The Morgan fingerprint density at radius 3 is 2.70 bits per heavy atom. The van der Waals surface area contributed by atoms with E-state index in [2.05, 4.69) is 4.98 Å². The van der Waals surface area contributed by atoms with E-state index in [1.165, 1.54) is 15.6 Å². The minimum Gasteiger partial charge on any atom is -0.453 e. The number of carbonyl (C=O) groups is 1. The molecule has 0 N–H and O–H groups in total. The zero-order chi connectivity index (χ0) is 23.0. The van der Waals surface area contributed by atoms with Crippen LogP contribution in [0.25, 0.3) is 21.1 Å². The smallest absolute Gasteiger partial charge is 0.348 e. The Balaban J connectivity index is 1.39. The molecule has 4 aromatic rings. The Morgan fingerprint density at radius 2 is 1.94 bits per heavy atom. The summed E-state index contributed by atoms with van der Waals surface area (Å²) in [7, 11) is -3.62. The van der Waals surface area contributed by atoms with Crippen LogP contribution in [-0.2, 0) is 32.6 Å². The second kappa shape index (κ2) is 8.86. The fourth-order valence-electron chi connectivity index (χ4n) is 4.00. The number of rotatable bonds is 6. The number of carbonyl (C=O) groups excluding carboxylic acids is 1. The second-order valence-electron chi connectivity index (χ2n) is 7.66. The van der Waals surface area contributed by atoms with Crippen LogP contribution in [0.2, 0.25) is 0 Å². The molecule has 33 heavy (non-hydrogen) atoms. The molecule has 0 atom stereocenters. The summed E-state index contributed by atoms with van der Waals surface area (Å²) in [5.74, 6) is 0.171. The minimum absolute atomic E-state index is 0.00114. The molecule has 1 saturated heterocycles. The number of fused-ring (bicyclic) bond motifs is 2. The van der Waals surface area contributed by atoms with Crippen molar-refractivity contribution in [2.75, 3.05) is 26.3 Å². The average Bonchev–Trinajstić information content (AvgIpc) is 3.43. The number of ether oxygens (including phenoxy) is 2. The third kappa shape index (κ3) is 4.15. The first-order chi connectivity index (χ1) is 16.0. The zero-order valence-electron chi connectivity index (χ0n) is 18.1. The van der Waals surface area contributed by atoms with E-state index in [1.807, 2.05) is 41.8 Å². The van der Waals surface area contributed by atoms with Gasteiger partial charge < -0.3 is 14.0 Å². The number of aromatic nitrogens is 2. The Bertz CT molecular complexity index is 1400. The van der Waals surface area contributed by atoms with E-state index in [0.717, 1.165) is 15.6 Å². The number of aryl methyl sites for hydroxylation is 1. The molecule has 0 radical (unpaired) electrons. The number of nitrogens with zero attached hydrogens (tertiary/aromatic N) is 3. The summed E-state index contributed by atoms with van der Waals surface area (Å²) in [6.45, 7) is 4.04. The van der Waals surface area contributed by atoms with Crippen molar-refractivity contribution >= 4 is 48.4 Å². The summed E-state index contributed by atoms with van der Waals surface area (Å²) in [4.78, 5) is 17.9. The molecule has 0 bridgehead atoms. The van der Waals surface area contributed by atoms with Gasteiger partial charge >= 0.3 is 5.97 Å². The molecule has 1 aliphatic heterocycles. The van der Waals surface area contributed by atoms with Crippen LogP contribution < -0.4 is 0 Å². The standard InChI is InChI=1S/C23H23N3O5S2/c1-2-26-19-8-7-17(33(28,29)25-9-11-30-12-10-25)14-18(19)24-22(26)15-31-23(27)21-13-16-5-3-4-6-20(16)32-21/h3-8,13-14H,2,9-12,15H2,1H3. The second-order valence-corrected chi connectivity index (χ2v) is 10.7. The molecule has 172 valence electrons. The number of sulfonamides is 1. The van der Waals surface area contributed by atoms with E-state index in [1.54, 1.807) is 18.2 Å². The summed E-state index contributed by atoms with van der Waals surface area (Å²) in [6, 6.07) is 14.6. The number of hydrogen-bond donors (Lipinski definition) is 0. The van der Waals surface area contributed by atoms with Crippen LogP contribution in [0.5, 0.6) is 0 Å². The van der Waals surface area contributed by atoms with Crippen molar-refractivity contribution in [2.45, 2.75) is 25.0 Å². The molecule has 8 nitrogen and oxygen atoms in total. The largest absolute Gasteiger partial charge is 0.453 e. The van der Waals surface area contributed by atoms with Gasteiger partial charge in [0, 0.05) is 24.3 Å². The quantitative estimate of drug-likeness (QED) is 0.387. The van der Waals surface area contributed by atoms with Gasteiger partial charge in [-0.1, -0.05) is 18.2 Å².